The molecule has 2 aliphatic heterocycles. The topological polar surface area (TPSA) is 62.7 Å². The number of aromatic nitrogens is 1. The van der Waals surface area contributed by atoms with E-state index in [9.17, 15) is 9.90 Å². The zero-order valence-electron chi connectivity index (χ0n) is 14.0. The van der Waals surface area contributed by atoms with E-state index < -0.39 is 5.60 Å². The highest BCUT2D eigenvalue weighted by Crippen LogP contribution is 2.41. The second-order valence-electron chi connectivity index (χ2n) is 6.99. The minimum absolute atomic E-state index is 0.00915. The van der Waals surface area contributed by atoms with Crippen LogP contribution in [0.1, 0.15) is 55.2 Å². The van der Waals surface area contributed by atoms with Gasteiger partial charge in [-0.1, -0.05) is 13.0 Å². The normalized spacial score (nSPS) is 27.2. The Bertz CT molecular complexity index is 581. The number of piperidine rings is 1. The highest BCUT2D eigenvalue weighted by molar-refractivity contribution is 5.92. The van der Waals surface area contributed by atoms with Gasteiger partial charge in [0.05, 0.1) is 17.8 Å². The van der Waals surface area contributed by atoms with Gasteiger partial charge in [0.1, 0.15) is 5.69 Å². The molecule has 0 saturated carbocycles. The lowest BCUT2D eigenvalue weighted by atomic mass is 9.76. The third-order valence-corrected chi connectivity index (χ3v) is 5.35. The van der Waals surface area contributed by atoms with Crippen molar-refractivity contribution in [2.75, 3.05) is 19.7 Å². The second kappa shape index (κ2) is 6.21. The quantitative estimate of drug-likeness (QED) is 0.909. The second-order valence-corrected chi connectivity index (χ2v) is 6.99. The lowest BCUT2D eigenvalue weighted by molar-refractivity contribution is -0.176. The molecule has 3 heterocycles. The Hall–Kier alpha value is -1.46. The first-order valence-corrected chi connectivity index (χ1v) is 8.55. The summed E-state index contributed by atoms with van der Waals surface area (Å²) in [7, 11) is 0. The summed E-state index contributed by atoms with van der Waals surface area (Å²) >= 11 is 0. The Kier molecular flexibility index (Phi) is 4.43. The molecule has 1 aromatic heterocycles. The maximum atomic E-state index is 12.6. The fourth-order valence-corrected chi connectivity index (χ4v) is 3.76. The van der Waals surface area contributed by atoms with E-state index in [0.717, 1.165) is 25.0 Å². The van der Waals surface area contributed by atoms with Gasteiger partial charge in [0.25, 0.3) is 5.91 Å². The highest BCUT2D eigenvalue weighted by Gasteiger charge is 2.46. The molecule has 2 fully saturated rings. The van der Waals surface area contributed by atoms with Gasteiger partial charge in [-0.15, -0.1) is 0 Å². The average molecular weight is 318 g/mol. The number of aliphatic hydroxyl groups is 1. The van der Waals surface area contributed by atoms with Crippen molar-refractivity contribution in [3.05, 3.63) is 29.6 Å². The molecule has 1 aromatic rings. The van der Waals surface area contributed by atoms with E-state index >= 15 is 0 Å². The Morgan fingerprint density at radius 3 is 2.74 bits per heavy atom. The number of carbonyl (C=O) groups excluding carboxylic acids is 1. The molecular formula is C18H26N2O3. The summed E-state index contributed by atoms with van der Waals surface area (Å²) in [5.41, 5.74) is 0.492. The number of likely N-dealkylation sites (tertiary alicyclic amines) is 1. The molecule has 1 atom stereocenters. The van der Waals surface area contributed by atoms with Gasteiger partial charge in [-0.05, 0) is 44.7 Å². The predicted molar refractivity (Wildman–Crippen MR) is 87.3 cm³/mol. The van der Waals surface area contributed by atoms with Crippen LogP contribution in [0.3, 0.4) is 0 Å². The summed E-state index contributed by atoms with van der Waals surface area (Å²) in [5, 5.41) is 10.6. The van der Waals surface area contributed by atoms with Gasteiger partial charge in [0.2, 0.25) is 0 Å². The number of rotatable bonds is 2. The van der Waals surface area contributed by atoms with E-state index in [2.05, 4.69) is 4.98 Å². The van der Waals surface area contributed by atoms with Crippen molar-refractivity contribution in [1.82, 2.24) is 9.88 Å². The molecule has 0 aliphatic carbocycles. The molecule has 5 nitrogen and oxygen atoms in total. The summed E-state index contributed by atoms with van der Waals surface area (Å²) in [5.74, 6) is -0.00915. The van der Waals surface area contributed by atoms with Crippen molar-refractivity contribution in [2.45, 2.75) is 57.2 Å². The van der Waals surface area contributed by atoms with Gasteiger partial charge in [0, 0.05) is 25.2 Å². The molecule has 23 heavy (non-hydrogen) atoms. The summed E-state index contributed by atoms with van der Waals surface area (Å²) in [4.78, 5) is 18.8. The van der Waals surface area contributed by atoms with Crippen LogP contribution in [0.25, 0.3) is 0 Å². The molecule has 1 spiro atoms. The van der Waals surface area contributed by atoms with Gasteiger partial charge < -0.3 is 14.7 Å². The number of amides is 1. The summed E-state index contributed by atoms with van der Waals surface area (Å²) in [6.07, 6.45) is 3.72. The maximum Gasteiger partial charge on any atom is 0.272 e. The van der Waals surface area contributed by atoms with Crippen LogP contribution in [0.2, 0.25) is 0 Å². The lowest BCUT2D eigenvalue weighted by Gasteiger charge is -2.49. The van der Waals surface area contributed by atoms with E-state index in [-0.39, 0.29) is 11.5 Å². The van der Waals surface area contributed by atoms with Crippen LogP contribution in [0, 0.1) is 6.92 Å². The van der Waals surface area contributed by atoms with Crippen LogP contribution in [0.15, 0.2) is 18.2 Å². The van der Waals surface area contributed by atoms with Crippen molar-refractivity contribution in [3.63, 3.8) is 0 Å². The van der Waals surface area contributed by atoms with Gasteiger partial charge >= 0.3 is 0 Å². The molecule has 0 radical (unpaired) electrons. The molecule has 1 amide bonds. The molecule has 3 rings (SSSR count). The van der Waals surface area contributed by atoms with Crippen LogP contribution in [-0.4, -0.2) is 51.8 Å². The van der Waals surface area contributed by atoms with Crippen LogP contribution >= 0.6 is 0 Å². The third kappa shape index (κ3) is 3.40. The molecule has 1 N–H and O–H groups in total. The first-order chi connectivity index (χ1) is 11.0. The van der Waals surface area contributed by atoms with Crippen molar-refractivity contribution >= 4 is 5.91 Å². The monoisotopic (exact) mass is 318 g/mol. The number of hydrogen-bond acceptors (Lipinski definition) is 4. The van der Waals surface area contributed by atoms with Gasteiger partial charge in [-0.2, -0.15) is 0 Å². The van der Waals surface area contributed by atoms with E-state index in [0.29, 0.717) is 38.2 Å². The fraction of sp³-hybridized carbons (Fsp3) is 0.667. The van der Waals surface area contributed by atoms with Gasteiger partial charge in [-0.25, -0.2) is 4.98 Å². The SMILES string of the molecule is CCC1(O)CCOC2(CCN(C(=O)c3cccc(C)n3)CC2)C1. The first kappa shape index (κ1) is 16.4. The fourth-order valence-electron chi connectivity index (χ4n) is 3.76. The molecule has 1 unspecified atom stereocenters. The smallest absolute Gasteiger partial charge is 0.272 e. The van der Waals surface area contributed by atoms with Gasteiger partial charge in [0.15, 0.2) is 0 Å². The van der Waals surface area contributed by atoms with Gasteiger partial charge in [-0.3, -0.25) is 4.79 Å². The number of pyridine rings is 1. The zero-order chi connectivity index (χ0) is 16.5. The molecule has 2 saturated heterocycles. The highest BCUT2D eigenvalue weighted by atomic mass is 16.5. The van der Waals surface area contributed by atoms with Crippen LogP contribution in [0.4, 0.5) is 0 Å². The average Bonchev–Trinajstić information content (AvgIpc) is 2.55. The maximum absolute atomic E-state index is 12.6. The Morgan fingerprint density at radius 1 is 1.35 bits per heavy atom. The number of ether oxygens (including phenoxy) is 1. The predicted octanol–water partition coefficient (Wildman–Crippen LogP) is 2.32. The van der Waals surface area contributed by atoms with E-state index in [1.807, 2.05) is 30.9 Å². The Labute approximate surface area is 137 Å². The molecular weight excluding hydrogens is 292 g/mol. The number of nitrogens with zero attached hydrogens (tertiary/aromatic N) is 2. The summed E-state index contributed by atoms with van der Waals surface area (Å²) < 4.78 is 6.04. The first-order valence-electron chi connectivity index (χ1n) is 8.55. The largest absolute Gasteiger partial charge is 0.390 e. The lowest BCUT2D eigenvalue weighted by Crippen LogP contribution is -2.55. The third-order valence-electron chi connectivity index (χ3n) is 5.35. The Balaban J connectivity index is 1.65. The number of carbonyl (C=O) groups is 1. The van der Waals surface area contributed by atoms with Crippen molar-refractivity contribution in [2.24, 2.45) is 0 Å². The van der Waals surface area contributed by atoms with Crippen molar-refractivity contribution < 1.29 is 14.6 Å². The molecule has 126 valence electrons. The number of hydrogen-bond donors (Lipinski definition) is 1. The number of aryl methyl sites for hydroxylation is 1. The van der Waals surface area contributed by atoms with Crippen LogP contribution < -0.4 is 0 Å². The van der Waals surface area contributed by atoms with E-state index in [1.165, 1.54) is 0 Å². The molecule has 5 heteroatoms. The standard InChI is InChI=1S/C18H26N2O3/c1-3-17(22)9-12-23-18(13-17)7-10-20(11-8-18)16(21)15-6-4-5-14(2)19-15/h4-6,22H,3,7-13H2,1-2H3. The minimum atomic E-state index is -0.609. The Morgan fingerprint density at radius 2 is 2.09 bits per heavy atom. The van der Waals surface area contributed by atoms with Crippen molar-refractivity contribution in [1.29, 1.82) is 0 Å². The van der Waals surface area contributed by atoms with E-state index in [4.69, 9.17) is 4.74 Å². The van der Waals surface area contributed by atoms with Crippen molar-refractivity contribution in [3.8, 4) is 0 Å². The van der Waals surface area contributed by atoms with Crippen LogP contribution in [-0.2, 0) is 4.74 Å². The van der Waals surface area contributed by atoms with E-state index in [1.54, 1.807) is 6.07 Å². The summed E-state index contributed by atoms with van der Waals surface area (Å²) in [6, 6.07) is 5.53. The van der Waals surface area contributed by atoms with Crippen LogP contribution in [0.5, 0.6) is 0 Å². The minimum Gasteiger partial charge on any atom is -0.390 e. The zero-order valence-corrected chi connectivity index (χ0v) is 14.0. The summed E-state index contributed by atoms with van der Waals surface area (Å²) in [6.45, 7) is 5.85. The molecule has 0 bridgehead atoms. The molecule has 2 aliphatic rings. The molecule has 0 aromatic carbocycles.